The first-order chi connectivity index (χ1) is 8.81. The number of pyridine rings is 1. The largest absolute Gasteiger partial charge is 0.385 e. The quantitative estimate of drug-likeness (QED) is 0.818. The number of rotatable bonds is 5. The molecule has 0 aliphatic heterocycles. The highest BCUT2D eigenvalue weighted by Gasteiger charge is 2.06. The standard InChI is InChI=1S/C14H16N2O2/c1-18-8-4-7-15-14(17)12-9-11-5-2-3-6-13(11)16-10-12/h2-3,5-6,9-10H,4,7-8H2,1H3,(H,15,17). The minimum absolute atomic E-state index is 0.0932. The zero-order valence-corrected chi connectivity index (χ0v) is 10.3. The third-order valence-corrected chi connectivity index (χ3v) is 2.66. The van der Waals surface area contributed by atoms with E-state index >= 15 is 0 Å². The van der Waals surface area contributed by atoms with Crippen LogP contribution in [0.2, 0.25) is 0 Å². The summed E-state index contributed by atoms with van der Waals surface area (Å²) in [6, 6.07) is 9.59. The molecule has 0 atom stereocenters. The monoisotopic (exact) mass is 244 g/mol. The van der Waals surface area contributed by atoms with Crippen molar-refractivity contribution in [3.8, 4) is 0 Å². The van der Waals surface area contributed by atoms with Crippen LogP contribution in [0.1, 0.15) is 16.8 Å². The first-order valence-electron chi connectivity index (χ1n) is 5.93. The van der Waals surface area contributed by atoms with E-state index in [1.165, 1.54) is 0 Å². The first-order valence-corrected chi connectivity index (χ1v) is 5.93. The molecule has 0 aliphatic carbocycles. The Morgan fingerprint density at radius 1 is 1.39 bits per heavy atom. The number of nitrogens with one attached hydrogen (secondary N) is 1. The summed E-state index contributed by atoms with van der Waals surface area (Å²) in [6.07, 6.45) is 2.41. The van der Waals surface area contributed by atoms with Crippen LogP contribution in [-0.4, -0.2) is 31.2 Å². The number of fused-ring (bicyclic) bond motifs is 1. The highest BCUT2D eigenvalue weighted by atomic mass is 16.5. The number of hydrogen-bond donors (Lipinski definition) is 1. The van der Waals surface area contributed by atoms with Crippen molar-refractivity contribution in [2.24, 2.45) is 0 Å². The van der Waals surface area contributed by atoms with Crippen LogP contribution >= 0.6 is 0 Å². The fourth-order valence-electron chi connectivity index (χ4n) is 1.72. The lowest BCUT2D eigenvalue weighted by atomic mass is 10.1. The van der Waals surface area contributed by atoms with Gasteiger partial charge in [-0.2, -0.15) is 0 Å². The van der Waals surface area contributed by atoms with Crippen LogP contribution in [-0.2, 0) is 4.74 Å². The molecule has 1 amide bonds. The van der Waals surface area contributed by atoms with Gasteiger partial charge in [-0.25, -0.2) is 0 Å². The average molecular weight is 244 g/mol. The summed E-state index contributed by atoms with van der Waals surface area (Å²) >= 11 is 0. The van der Waals surface area contributed by atoms with Gasteiger partial charge in [0.05, 0.1) is 11.1 Å². The van der Waals surface area contributed by atoms with Gasteiger partial charge >= 0.3 is 0 Å². The smallest absolute Gasteiger partial charge is 0.252 e. The zero-order chi connectivity index (χ0) is 12.8. The van der Waals surface area contributed by atoms with Gasteiger partial charge in [0.25, 0.3) is 5.91 Å². The van der Waals surface area contributed by atoms with Crippen molar-refractivity contribution < 1.29 is 9.53 Å². The number of aromatic nitrogens is 1. The summed E-state index contributed by atoms with van der Waals surface area (Å²) in [6.45, 7) is 1.26. The van der Waals surface area contributed by atoms with E-state index in [-0.39, 0.29) is 5.91 Å². The molecule has 1 heterocycles. The Balaban J connectivity index is 2.04. The Morgan fingerprint density at radius 2 is 2.22 bits per heavy atom. The van der Waals surface area contributed by atoms with E-state index in [9.17, 15) is 4.79 Å². The van der Waals surface area contributed by atoms with Crippen LogP contribution in [0, 0.1) is 0 Å². The van der Waals surface area contributed by atoms with E-state index in [2.05, 4.69) is 10.3 Å². The van der Waals surface area contributed by atoms with Crippen molar-refractivity contribution in [3.05, 3.63) is 42.1 Å². The lowest BCUT2D eigenvalue weighted by Crippen LogP contribution is -2.25. The van der Waals surface area contributed by atoms with E-state index in [0.29, 0.717) is 18.7 Å². The molecule has 4 heteroatoms. The molecule has 18 heavy (non-hydrogen) atoms. The lowest BCUT2D eigenvalue weighted by molar-refractivity contribution is 0.0948. The molecule has 94 valence electrons. The maximum atomic E-state index is 11.9. The maximum Gasteiger partial charge on any atom is 0.252 e. The van der Waals surface area contributed by atoms with Crippen LogP contribution in [0.15, 0.2) is 36.5 Å². The van der Waals surface area contributed by atoms with E-state index in [0.717, 1.165) is 17.3 Å². The third kappa shape index (κ3) is 3.05. The number of amides is 1. The molecule has 0 fully saturated rings. The first kappa shape index (κ1) is 12.5. The summed E-state index contributed by atoms with van der Waals surface area (Å²) < 4.78 is 4.92. The summed E-state index contributed by atoms with van der Waals surface area (Å²) in [5.74, 6) is -0.0932. The van der Waals surface area contributed by atoms with Gasteiger partial charge in [0.15, 0.2) is 0 Å². The molecule has 2 aromatic rings. The third-order valence-electron chi connectivity index (χ3n) is 2.66. The van der Waals surface area contributed by atoms with E-state index in [1.54, 1.807) is 13.3 Å². The van der Waals surface area contributed by atoms with Gasteiger partial charge < -0.3 is 10.1 Å². The molecule has 0 aliphatic rings. The molecular weight excluding hydrogens is 228 g/mol. The summed E-state index contributed by atoms with van der Waals surface area (Å²) in [7, 11) is 1.65. The Kier molecular flexibility index (Phi) is 4.25. The highest BCUT2D eigenvalue weighted by molar-refractivity contribution is 5.97. The minimum atomic E-state index is -0.0932. The molecule has 1 aromatic heterocycles. The van der Waals surface area contributed by atoms with Crippen molar-refractivity contribution in [1.29, 1.82) is 0 Å². The van der Waals surface area contributed by atoms with Crippen LogP contribution < -0.4 is 5.32 Å². The number of para-hydroxylation sites is 1. The maximum absolute atomic E-state index is 11.9. The van der Waals surface area contributed by atoms with Gasteiger partial charge in [-0.05, 0) is 18.6 Å². The number of carbonyl (C=O) groups excluding carboxylic acids is 1. The van der Waals surface area contributed by atoms with Crippen LogP contribution in [0.5, 0.6) is 0 Å². The van der Waals surface area contributed by atoms with Crippen molar-refractivity contribution in [2.45, 2.75) is 6.42 Å². The predicted octanol–water partition coefficient (Wildman–Crippen LogP) is 2.00. The Labute approximate surface area is 106 Å². The van der Waals surface area contributed by atoms with Gasteiger partial charge in [-0.1, -0.05) is 18.2 Å². The summed E-state index contributed by atoms with van der Waals surface area (Å²) in [5.41, 5.74) is 1.49. The fraction of sp³-hybridized carbons (Fsp3) is 0.286. The van der Waals surface area contributed by atoms with Gasteiger partial charge in [0.2, 0.25) is 0 Å². The SMILES string of the molecule is COCCCNC(=O)c1cnc2ccccc2c1. The molecule has 0 unspecified atom stereocenters. The minimum Gasteiger partial charge on any atom is -0.385 e. The van der Waals surface area contributed by atoms with Crippen molar-refractivity contribution in [3.63, 3.8) is 0 Å². The molecule has 0 radical (unpaired) electrons. The zero-order valence-electron chi connectivity index (χ0n) is 10.3. The van der Waals surface area contributed by atoms with Crippen LogP contribution in [0.3, 0.4) is 0 Å². The fourth-order valence-corrected chi connectivity index (χ4v) is 1.72. The predicted molar refractivity (Wildman–Crippen MR) is 70.6 cm³/mol. The molecule has 1 aromatic carbocycles. The van der Waals surface area contributed by atoms with Crippen molar-refractivity contribution in [2.75, 3.05) is 20.3 Å². The average Bonchev–Trinajstić information content (AvgIpc) is 2.43. The Morgan fingerprint density at radius 3 is 3.06 bits per heavy atom. The van der Waals surface area contributed by atoms with Crippen molar-refractivity contribution >= 4 is 16.8 Å². The number of methoxy groups -OCH3 is 1. The molecule has 2 rings (SSSR count). The highest BCUT2D eigenvalue weighted by Crippen LogP contribution is 2.12. The van der Waals surface area contributed by atoms with Gasteiger partial charge in [-0.15, -0.1) is 0 Å². The Bertz CT molecular complexity index is 540. The number of ether oxygens (including phenoxy) is 1. The van der Waals surface area contributed by atoms with Crippen molar-refractivity contribution in [1.82, 2.24) is 10.3 Å². The molecule has 0 saturated heterocycles. The topological polar surface area (TPSA) is 51.2 Å². The number of hydrogen-bond acceptors (Lipinski definition) is 3. The van der Waals surface area contributed by atoms with E-state index in [1.807, 2.05) is 30.3 Å². The van der Waals surface area contributed by atoms with E-state index in [4.69, 9.17) is 4.74 Å². The second kappa shape index (κ2) is 6.12. The van der Waals surface area contributed by atoms with Crippen LogP contribution in [0.25, 0.3) is 10.9 Å². The van der Waals surface area contributed by atoms with E-state index < -0.39 is 0 Å². The number of carbonyl (C=O) groups is 1. The summed E-state index contributed by atoms with van der Waals surface area (Å²) in [5, 5.41) is 3.81. The van der Waals surface area contributed by atoms with Gasteiger partial charge in [0, 0.05) is 31.8 Å². The van der Waals surface area contributed by atoms with Crippen LogP contribution in [0.4, 0.5) is 0 Å². The van der Waals surface area contributed by atoms with Gasteiger partial charge in [-0.3, -0.25) is 9.78 Å². The number of benzene rings is 1. The van der Waals surface area contributed by atoms with Gasteiger partial charge in [0.1, 0.15) is 0 Å². The lowest BCUT2D eigenvalue weighted by Gasteiger charge is -2.05. The molecule has 0 spiro atoms. The second-order valence-corrected chi connectivity index (χ2v) is 4.02. The molecule has 1 N–H and O–H groups in total. The molecule has 0 saturated carbocycles. The molecular formula is C14H16N2O2. The second-order valence-electron chi connectivity index (χ2n) is 4.02. The Hall–Kier alpha value is -1.94. The molecule has 0 bridgehead atoms. The summed E-state index contributed by atoms with van der Waals surface area (Å²) in [4.78, 5) is 16.1. The number of nitrogens with zero attached hydrogens (tertiary/aromatic N) is 1. The molecule has 4 nitrogen and oxygen atoms in total. The normalized spacial score (nSPS) is 10.5.